The summed E-state index contributed by atoms with van der Waals surface area (Å²) in [5, 5.41) is -2.49. The van der Waals surface area contributed by atoms with Crippen molar-refractivity contribution < 1.29 is 56.7 Å². The van der Waals surface area contributed by atoms with Gasteiger partial charge in [0.25, 0.3) is 0 Å². The minimum atomic E-state index is -6.15. The third-order valence-corrected chi connectivity index (χ3v) is 7.67. The van der Waals surface area contributed by atoms with E-state index < -0.39 is 53.8 Å². The van der Waals surface area contributed by atoms with Crippen LogP contribution in [0, 0.1) is 0 Å². The zero-order valence-electron chi connectivity index (χ0n) is 12.0. The Bertz CT molecular complexity index is 623. The monoisotopic (exact) mass is 466 g/mol. The van der Waals surface area contributed by atoms with E-state index in [2.05, 4.69) is 7.64 Å². The summed E-state index contributed by atoms with van der Waals surface area (Å²) in [4.78, 5) is 22.0. The summed E-state index contributed by atoms with van der Waals surface area (Å²) in [5.74, 6) is -6.42. The van der Waals surface area contributed by atoms with Crippen LogP contribution in [0.5, 0.6) is 0 Å². The van der Waals surface area contributed by atoms with Crippen molar-refractivity contribution in [3.8, 4) is 0 Å². The third kappa shape index (κ3) is 6.09. The first-order valence-corrected chi connectivity index (χ1v) is 9.57. The molecule has 14 heteroatoms. The van der Waals surface area contributed by atoms with Crippen LogP contribution in [0.15, 0.2) is 30.3 Å². The van der Waals surface area contributed by atoms with Crippen molar-refractivity contribution in [2.45, 2.75) is 23.8 Å². The van der Waals surface area contributed by atoms with E-state index in [1.807, 2.05) is 0 Å². The third-order valence-electron chi connectivity index (χ3n) is 2.34. The van der Waals surface area contributed by atoms with Gasteiger partial charge in [-0.1, -0.05) is 0 Å². The number of hydrogen-bond donors (Lipinski definition) is 0. The molecule has 0 heterocycles. The molecule has 148 valence electrons. The predicted molar refractivity (Wildman–Crippen MR) is 67.0 cm³/mol. The van der Waals surface area contributed by atoms with E-state index >= 15 is 0 Å². The average Bonchev–Trinajstić information content (AvgIpc) is 2.44. The van der Waals surface area contributed by atoms with Crippen molar-refractivity contribution in [1.82, 2.24) is 0 Å². The van der Waals surface area contributed by atoms with Gasteiger partial charge in [-0.15, -0.1) is 0 Å². The van der Waals surface area contributed by atoms with Gasteiger partial charge in [-0.3, -0.25) is 0 Å². The Morgan fingerprint density at radius 3 is 1.46 bits per heavy atom. The number of carbonyl (C=O) groups excluding carboxylic acids is 2. The molecule has 26 heavy (non-hydrogen) atoms. The molecule has 0 aliphatic rings. The molecule has 0 atom stereocenters. The summed E-state index contributed by atoms with van der Waals surface area (Å²) >= 11 is -6.15. The van der Waals surface area contributed by atoms with Crippen LogP contribution in [0.4, 0.5) is 39.5 Å². The molecular formula is C12H7F9O4Se. The van der Waals surface area contributed by atoms with E-state index in [0.29, 0.717) is 12.1 Å². The van der Waals surface area contributed by atoms with Crippen LogP contribution in [0.3, 0.4) is 0 Å². The van der Waals surface area contributed by atoms with Crippen molar-refractivity contribution in [2.24, 2.45) is 0 Å². The number of alkyl halides is 9. The fourth-order valence-corrected chi connectivity index (χ4v) is 6.04. The van der Waals surface area contributed by atoms with Crippen molar-refractivity contribution in [3.05, 3.63) is 30.3 Å². The van der Waals surface area contributed by atoms with E-state index in [1.165, 1.54) is 6.07 Å². The van der Waals surface area contributed by atoms with Crippen LogP contribution in [-0.2, 0) is 17.2 Å². The Kier molecular flexibility index (Phi) is 6.24. The van der Waals surface area contributed by atoms with Crippen LogP contribution in [0.25, 0.3) is 0 Å². The number of carbonyl (C=O) groups is 2. The van der Waals surface area contributed by atoms with Gasteiger partial charge in [-0.25, -0.2) is 0 Å². The zero-order chi connectivity index (χ0) is 20.4. The SMILES string of the molecule is O=C(O[Se](CC(F)(F)F)(OC(=O)C(F)(F)F)c1ccccc1)C(F)(F)F. The number of rotatable bonds is 4. The molecule has 0 unspecified atom stereocenters. The van der Waals surface area contributed by atoms with Gasteiger partial charge in [0.15, 0.2) is 0 Å². The molecule has 0 amide bonds. The van der Waals surface area contributed by atoms with Crippen LogP contribution < -0.4 is 4.46 Å². The molecule has 1 aromatic rings. The normalized spacial score (nSPS) is 13.9. The van der Waals surface area contributed by atoms with Crippen molar-refractivity contribution in [2.75, 3.05) is 0 Å². The molecule has 0 saturated heterocycles. The Hall–Kier alpha value is -1.95. The molecule has 1 rings (SSSR count). The predicted octanol–water partition coefficient (Wildman–Crippen LogP) is 3.11. The number of halogens is 9. The van der Waals surface area contributed by atoms with Crippen LogP contribution in [0.2, 0.25) is 5.32 Å². The van der Waals surface area contributed by atoms with Gasteiger partial charge in [-0.05, 0) is 0 Å². The first-order chi connectivity index (χ1) is 11.6. The Morgan fingerprint density at radius 2 is 1.15 bits per heavy atom. The second-order valence-corrected chi connectivity index (χ2v) is 9.30. The summed E-state index contributed by atoms with van der Waals surface area (Å²) in [6.07, 6.45) is -17.1. The average molecular weight is 465 g/mol. The van der Waals surface area contributed by atoms with Gasteiger partial charge in [0, 0.05) is 0 Å². The zero-order valence-corrected chi connectivity index (χ0v) is 13.7. The molecule has 0 bridgehead atoms. The molecule has 0 radical (unpaired) electrons. The quantitative estimate of drug-likeness (QED) is 0.507. The molecule has 4 nitrogen and oxygen atoms in total. The summed E-state index contributed by atoms with van der Waals surface area (Å²) in [6.45, 7) is 0. The molecule has 0 fully saturated rings. The molecular weight excluding hydrogens is 458 g/mol. The molecule has 0 aliphatic heterocycles. The second kappa shape index (κ2) is 7.35. The minimum absolute atomic E-state index is 0.666. The number of benzene rings is 1. The maximum absolute atomic E-state index is 12.8. The standard InChI is InChI=1S/C12H7F9O4Se/c13-10(14,15)6-26(7-4-2-1-3-5-7,24-8(22)11(16,17)18)25-9(23)12(19,20)21/h1-5H,6H2. The summed E-state index contributed by atoms with van der Waals surface area (Å²) in [5.41, 5.74) is 0. The van der Waals surface area contributed by atoms with Crippen LogP contribution >= 0.6 is 0 Å². The van der Waals surface area contributed by atoms with E-state index in [1.54, 1.807) is 0 Å². The summed E-state index contributed by atoms with van der Waals surface area (Å²) in [6, 6.07) is 4.43. The molecule has 0 aromatic heterocycles. The van der Waals surface area contributed by atoms with Crippen LogP contribution in [-0.4, -0.2) is 44.0 Å². The van der Waals surface area contributed by atoms with Crippen molar-refractivity contribution >= 4 is 29.9 Å². The van der Waals surface area contributed by atoms with E-state index in [-0.39, 0.29) is 0 Å². The van der Waals surface area contributed by atoms with Gasteiger partial charge >= 0.3 is 141 Å². The summed E-state index contributed by atoms with van der Waals surface area (Å²) < 4.78 is 120. The molecule has 0 saturated carbocycles. The Balaban J connectivity index is 3.51. The summed E-state index contributed by atoms with van der Waals surface area (Å²) in [7, 11) is 0. The van der Waals surface area contributed by atoms with Gasteiger partial charge in [-0.2, -0.15) is 0 Å². The maximum atomic E-state index is 12.8. The van der Waals surface area contributed by atoms with Gasteiger partial charge in [0.1, 0.15) is 0 Å². The van der Waals surface area contributed by atoms with E-state index in [0.717, 1.165) is 12.1 Å². The Morgan fingerprint density at radius 1 is 0.769 bits per heavy atom. The first-order valence-electron chi connectivity index (χ1n) is 6.11. The molecule has 0 N–H and O–H groups in total. The van der Waals surface area contributed by atoms with Crippen LogP contribution in [0.1, 0.15) is 0 Å². The van der Waals surface area contributed by atoms with Gasteiger partial charge < -0.3 is 0 Å². The van der Waals surface area contributed by atoms with E-state index in [4.69, 9.17) is 0 Å². The first kappa shape index (κ1) is 22.1. The van der Waals surface area contributed by atoms with Gasteiger partial charge in [0.05, 0.1) is 0 Å². The topological polar surface area (TPSA) is 52.6 Å². The van der Waals surface area contributed by atoms with Crippen molar-refractivity contribution in [3.63, 3.8) is 0 Å². The molecule has 0 spiro atoms. The fourth-order valence-electron chi connectivity index (χ4n) is 1.44. The Labute approximate surface area is 141 Å². The van der Waals surface area contributed by atoms with Gasteiger partial charge in [0.2, 0.25) is 0 Å². The van der Waals surface area contributed by atoms with E-state index in [9.17, 15) is 49.1 Å². The molecule has 1 aromatic carbocycles. The van der Waals surface area contributed by atoms with Crippen molar-refractivity contribution in [1.29, 1.82) is 0 Å². The fraction of sp³-hybridized carbons (Fsp3) is 0.333. The molecule has 0 aliphatic carbocycles. The second-order valence-electron chi connectivity index (χ2n) is 4.42. The number of hydrogen-bond acceptors (Lipinski definition) is 4.